The molecule has 0 N–H and O–H groups in total. The molecule has 3 heteroatoms. The van der Waals surface area contributed by atoms with Crippen LogP contribution in [0.1, 0.15) is 18.1 Å². The molecular weight excluding hydrogens is 244 g/mol. The van der Waals surface area contributed by atoms with Gasteiger partial charge in [0.25, 0.3) is 0 Å². The third-order valence-electron chi connectivity index (χ3n) is 2.14. The van der Waals surface area contributed by atoms with Crippen molar-refractivity contribution in [3.8, 4) is 5.75 Å². The molecule has 0 unspecified atom stereocenters. The average Bonchev–Trinajstić information content (AvgIpc) is 2.13. The lowest BCUT2D eigenvalue weighted by molar-refractivity contribution is -0.116. The standard InChI is InChI=1S/C11H13BrO2/c1-7(13)6-9-8(2)10(12)4-5-11(9)14-3/h4-5H,6H2,1-3H3. The first-order valence-electron chi connectivity index (χ1n) is 4.37. The lowest BCUT2D eigenvalue weighted by atomic mass is 10.0. The minimum absolute atomic E-state index is 0.143. The predicted octanol–water partition coefficient (Wildman–Crippen LogP) is 2.90. The first-order valence-corrected chi connectivity index (χ1v) is 5.17. The van der Waals surface area contributed by atoms with E-state index in [4.69, 9.17) is 4.74 Å². The molecule has 0 saturated heterocycles. The SMILES string of the molecule is COc1ccc(Br)c(C)c1CC(C)=O. The van der Waals surface area contributed by atoms with E-state index >= 15 is 0 Å². The molecule has 0 heterocycles. The van der Waals surface area contributed by atoms with Crippen LogP contribution in [0.25, 0.3) is 0 Å². The van der Waals surface area contributed by atoms with Gasteiger partial charge in [-0.15, -0.1) is 0 Å². The molecule has 0 aromatic heterocycles. The molecule has 1 aromatic carbocycles. The van der Waals surface area contributed by atoms with E-state index in [1.165, 1.54) is 0 Å². The van der Waals surface area contributed by atoms with Crippen molar-refractivity contribution in [2.24, 2.45) is 0 Å². The highest BCUT2D eigenvalue weighted by Gasteiger charge is 2.10. The number of ketones is 1. The quantitative estimate of drug-likeness (QED) is 0.832. The zero-order valence-electron chi connectivity index (χ0n) is 8.56. The van der Waals surface area contributed by atoms with E-state index in [-0.39, 0.29) is 5.78 Å². The van der Waals surface area contributed by atoms with Gasteiger partial charge in [0.2, 0.25) is 0 Å². The summed E-state index contributed by atoms with van der Waals surface area (Å²) in [5.74, 6) is 0.922. The minimum Gasteiger partial charge on any atom is -0.496 e. The van der Waals surface area contributed by atoms with Gasteiger partial charge in [-0.05, 0) is 31.5 Å². The lowest BCUT2D eigenvalue weighted by Crippen LogP contribution is -2.02. The number of ether oxygens (including phenoxy) is 1. The summed E-state index contributed by atoms with van der Waals surface area (Å²) in [6.07, 6.45) is 0.425. The van der Waals surface area contributed by atoms with Gasteiger partial charge in [0.15, 0.2) is 0 Å². The maximum Gasteiger partial charge on any atom is 0.134 e. The van der Waals surface area contributed by atoms with Crippen LogP contribution in [0, 0.1) is 6.92 Å². The van der Waals surface area contributed by atoms with Gasteiger partial charge < -0.3 is 4.74 Å². The Hall–Kier alpha value is -0.830. The molecule has 0 amide bonds. The summed E-state index contributed by atoms with van der Waals surface area (Å²) in [7, 11) is 1.62. The molecule has 0 aliphatic carbocycles. The van der Waals surface area contributed by atoms with Crippen LogP contribution in [0.3, 0.4) is 0 Å². The molecule has 0 bridgehead atoms. The highest BCUT2D eigenvalue weighted by molar-refractivity contribution is 9.10. The van der Waals surface area contributed by atoms with Crippen molar-refractivity contribution in [3.63, 3.8) is 0 Å². The Kier molecular flexibility index (Phi) is 3.69. The van der Waals surface area contributed by atoms with Crippen molar-refractivity contribution in [2.75, 3.05) is 7.11 Å². The van der Waals surface area contributed by atoms with Crippen LogP contribution < -0.4 is 4.74 Å². The maximum absolute atomic E-state index is 11.1. The molecule has 1 rings (SSSR count). The van der Waals surface area contributed by atoms with E-state index < -0.39 is 0 Å². The van der Waals surface area contributed by atoms with Gasteiger partial charge in [-0.25, -0.2) is 0 Å². The molecule has 0 fully saturated rings. The molecule has 0 radical (unpaired) electrons. The highest BCUT2D eigenvalue weighted by Crippen LogP contribution is 2.28. The fourth-order valence-corrected chi connectivity index (χ4v) is 1.73. The molecule has 0 aliphatic rings. The Labute approximate surface area is 92.4 Å². The number of hydrogen-bond acceptors (Lipinski definition) is 2. The van der Waals surface area contributed by atoms with Gasteiger partial charge in [-0.2, -0.15) is 0 Å². The first kappa shape index (κ1) is 11.2. The average molecular weight is 257 g/mol. The molecule has 14 heavy (non-hydrogen) atoms. The Balaban J connectivity index is 3.20. The van der Waals surface area contributed by atoms with Crippen molar-refractivity contribution < 1.29 is 9.53 Å². The maximum atomic E-state index is 11.1. The van der Waals surface area contributed by atoms with Crippen LogP contribution in [0.15, 0.2) is 16.6 Å². The van der Waals surface area contributed by atoms with Crippen LogP contribution in [0.5, 0.6) is 5.75 Å². The van der Waals surface area contributed by atoms with Crippen LogP contribution in [0.2, 0.25) is 0 Å². The number of carbonyl (C=O) groups is 1. The fraction of sp³-hybridized carbons (Fsp3) is 0.364. The third-order valence-corrected chi connectivity index (χ3v) is 2.99. The molecule has 0 aliphatic heterocycles. The minimum atomic E-state index is 0.143. The number of hydrogen-bond donors (Lipinski definition) is 0. The van der Waals surface area contributed by atoms with Crippen molar-refractivity contribution in [2.45, 2.75) is 20.3 Å². The number of Topliss-reactive ketones (excluding diaryl/α,β-unsaturated/α-hetero) is 1. The molecule has 0 spiro atoms. The zero-order valence-corrected chi connectivity index (χ0v) is 10.1. The second-order valence-corrected chi connectivity index (χ2v) is 4.09. The molecule has 0 atom stereocenters. The molecule has 1 aromatic rings. The molecule has 2 nitrogen and oxygen atoms in total. The van der Waals surface area contributed by atoms with Crippen LogP contribution >= 0.6 is 15.9 Å². The highest BCUT2D eigenvalue weighted by atomic mass is 79.9. The Morgan fingerprint density at radius 3 is 2.64 bits per heavy atom. The summed E-state index contributed by atoms with van der Waals surface area (Å²) < 4.78 is 6.22. The molecule has 76 valence electrons. The number of benzene rings is 1. The van der Waals surface area contributed by atoms with E-state index in [1.807, 2.05) is 19.1 Å². The van der Waals surface area contributed by atoms with Crippen LogP contribution in [-0.2, 0) is 11.2 Å². The lowest BCUT2D eigenvalue weighted by Gasteiger charge is -2.11. The monoisotopic (exact) mass is 256 g/mol. The fourth-order valence-electron chi connectivity index (χ4n) is 1.36. The van der Waals surface area contributed by atoms with Crippen molar-refractivity contribution in [1.29, 1.82) is 0 Å². The van der Waals surface area contributed by atoms with Gasteiger partial charge in [0, 0.05) is 16.5 Å². The van der Waals surface area contributed by atoms with Crippen molar-refractivity contribution in [1.82, 2.24) is 0 Å². The topological polar surface area (TPSA) is 26.3 Å². The summed E-state index contributed by atoms with van der Waals surface area (Å²) in [6, 6.07) is 3.80. The number of carbonyl (C=O) groups excluding carboxylic acids is 1. The number of rotatable bonds is 3. The third kappa shape index (κ3) is 2.35. The summed E-state index contributed by atoms with van der Waals surface area (Å²) in [6.45, 7) is 3.56. The summed E-state index contributed by atoms with van der Waals surface area (Å²) in [4.78, 5) is 11.1. The second kappa shape index (κ2) is 4.60. The van der Waals surface area contributed by atoms with E-state index in [1.54, 1.807) is 14.0 Å². The number of methoxy groups -OCH3 is 1. The Bertz CT molecular complexity index is 359. The van der Waals surface area contributed by atoms with Crippen LogP contribution in [0.4, 0.5) is 0 Å². The Morgan fingerprint density at radius 1 is 1.50 bits per heavy atom. The van der Waals surface area contributed by atoms with Gasteiger partial charge in [-0.3, -0.25) is 4.79 Å². The Morgan fingerprint density at radius 2 is 2.14 bits per heavy atom. The zero-order chi connectivity index (χ0) is 10.7. The van der Waals surface area contributed by atoms with Crippen molar-refractivity contribution in [3.05, 3.63) is 27.7 Å². The van der Waals surface area contributed by atoms with Crippen molar-refractivity contribution >= 4 is 21.7 Å². The van der Waals surface area contributed by atoms with Gasteiger partial charge in [0.1, 0.15) is 11.5 Å². The molecular formula is C11H13BrO2. The smallest absolute Gasteiger partial charge is 0.134 e. The van der Waals surface area contributed by atoms with E-state index in [0.717, 1.165) is 21.3 Å². The summed E-state index contributed by atoms with van der Waals surface area (Å²) >= 11 is 3.43. The number of halogens is 1. The normalized spacial score (nSPS) is 10.0. The second-order valence-electron chi connectivity index (χ2n) is 3.23. The van der Waals surface area contributed by atoms with E-state index in [0.29, 0.717) is 6.42 Å². The summed E-state index contributed by atoms with van der Waals surface area (Å²) in [5.41, 5.74) is 2.04. The van der Waals surface area contributed by atoms with Gasteiger partial charge in [0.05, 0.1) is 7.11 Å². The van der Waals surface area contributed by atoms with Gasteiger partial charge >= 0.3 is 0 Å². The largest absolute Gasteiger partial charge is 0.496 e. The summed E-state index contributed by atoms with van der Waals surface area (Å²) in [5, 5.41) is 0. The van der Waals surface area contributed by atoms with Crippen LogP contribution in [-0.4, -0.2) is 12.9 Å². The first-order chi connectivity index (χ1) is 6.56. The van der Waals surface area contributed by atoms with E-state index in [9.17, 15) is 4.79 Å². The van der Waals surface area contributed by atoms with E-state index in [2.05, 4.69) is 15.9 Å². The predicted molar refractivity (Wildman–Crippen MR) is 59.8 cm³/mol. The van der Waals surface area contributed by atoms with Gasteiger partial charge in [-0.1, -0.05) is 15.9 Å². The molecule has 0 saturated carbocycles.